The highest BCUT2D eigenvalue weighted by Crippen LogP contribution is 1.99. The zero-order valence-electron chi connectivity index (χ0n) is 7.82. The molecule has 0 aliphatic carbocycles. The molecule has 0 spiro atoms. The first-order valence-electron chi connectivity index (χ1n) is 4.03. The molecule has 7 heteroatoms. The number of hydrogen-bond acceptors (Lipinski definition) is 4. The molecular weight excluding hydrogens is 210 g/mol. The van der Waals surface area contributed by atoms with Gasteiger partial charge in [-0.15, -0.1) is 0 Å². The van der Waals surface area contributed by atoms with Gasteiger partial charge in [-0.3, -0.25) is 14.3 Å². The Bertz CT molecular complexity index is 308. The van der Waals surface area contributed by atoms with Crippen LogP contribution >= 0.6 is 0 Å². The predicted octanol–water partition coefficient (Wildman–Crippen LogP) is -0.293. The van der Waals surface area contributed by atoms with E-state index >= 15 is 0 Å². The van der Waals surface area contributed by atoms with Gasteiger partial charge in [-0.2, -0.15) is 0 Å². The Morgan fingerprint density at radius 3 is 2.14 bits per heavy atom. The van der Waals surface area contributed by atoms with Gasteiger partial charge in [-0.25, -0.2) is 8.42 Å². The minimum Gasteiger partial charge on any atom is -0.481 e. The molecule has 0 atom stereocenters. The van der Waals surface area contributed by atoms with Crippen LogP contribution in [0.15, 0.2) is 0 Å². The lowest BCUT2D eigenvalue weighted by molar-refractivity contribution is -0.137. The molecule has 0 fully saturated rings. The number of carbonyl (C=O) groups excluding carboxylic acids is 1. The Kier molecular flexibility index (Phi) is 5.14. The molecule has 82 valence electrons. The maximum atomic E-state index is 10.9. The average Bonchev–Trinajstić information content (AvgIpc) is 1.94. The molecule has 0 saturated heterocycles. The Morgan fingerprint density at radius 2 is 1.71 bits per heavy atom. The van der Waals surface area contributed by atoms with Crippen molar-refractivity contribution >= 4 is 21.9 Å². The van der Waals surface area contributed by atoms with Gasteiger partial charge >= 0.3 is 5.97 Å². The molecule has 6 nitrogen and oxygen atoms in total. The number of aliphatic carboxylic acids is 1. The molecule has 0 rings (SSSR count). The van der Waals surface area contributed by atoms with Crippen molar-refractivity contribution in [3.63, 3.8) is 0 Å². The molecule has 0 unspecified atom stereocenters. The van der Waals surface area contributed by atoms with Gasteiger partial charge in [0, 0.05) is 12.8 Å². The SMILES string of the molecule is CS(=O)(=O)NC(=O)CCCCC(=O)O. The second-order valence-corrected chi connectivity index (χ2v) is 4.65. The van der Waals surface area contributed by atoms with Gasteiger partial charge in [-0.1, -0.05) is 0 Å². The lowest BCUT2D eigenvalue weighted by atomic mass is 10.2. The fourth-order valence-corrected chi connectivity index (χ4v) is 1.34. The van der Waals surface area contributed by atoms with Crippen LogP contribution in [0, 0.1) is 0 Å². The molecule has 0 aromatic carbocycles. The van der Waals surface area contributed by atoms with Crippen LogP contribution < -0.4 is 4.72 Å². The molecule has 14 heavy (non-hydrogen) atoms. The second kappa shape index (κ2) is 5.58. The minimum absolute atomic E-state index is 0.00778. The number of sulfonamides is 1. The number of amides is 1. The van der Waals surface area contributed by atoms with Crippen LogP contribution in [0.5, 0.6) is 0 Å². The molecule has 0 aliphatic rings. The molecule has 0 bridgehead atoms. The summed E-state index contributed by atoms with van der Waals surface area (Å²) >= 11 is 0. The average molecular weight is 223 g/mol. The zero-order valence-corrected chi connectivity index (χ0v) is 8.63. The maximum Gasteiger partial charge on any atom is 0.303 e. The quantitative estimate of drug-likeness (QED) is 0.602. The normalized spacial score (nSPS) is 10.9. The fraction of sp³-hybridized carbons (Fsp3) is 0.714. The van der Waals surface area contributed by atoms with Crippen molar-refractivity contribution in [3.05, 3.63) is 0 Å². The standard InChI is InChI=1S/C7H13NO5S/c1-14(12,13)8-6(9)4-2-3-5-7(10)11/h2-5H2,1H3,(H,8,9)(H,10,11). The van der Waals surface area contributed by atoms with Gasteiger partial charge in [0.1, 0.15) is 0 Å². The highest BCUT2D eigenvalue weighted by molar-refractivity contribution is 7.89. The summed E-state index contributed by atoms with van der Waals surface area (Å²) in [7, 11) is -3.49. The van der Waals surface area contributed by atoms with Crippen molar-refractivity contribution in [2.24, 2.45) is 0 Å². The maximum absolute atomic E-state index is 10.9. The van der Waals surface area contributed by atoms with Crippen molar-refractivity contribution < 1.29 is 23.1 Å². The van der Waals surface area contributed by atoms with E-state index < -0.39 is 21.9 Å². The van der Waals surface area contributed by atoms with E-state index in [4.69, 9.17) is 5.11 Å². The number of unbranched alkanes of at least 4 members (excludes halogenated alkanes) is 1. The van der Waals surface area contributed by atoms with Crippen molar-refractivity contribution in [1.82, 2.24) is 4.72 Å². The fourth-order valence-electron chi connectivity index (χ4n) is 0.820. The number of rotatable bonds is 6. The molecular formula is C7H13NO5S. The van der Waals surface area contributed by atoms with Gasteiger partial charge in [0.05, 0.1) is 6.26 Å². The monoisotopic (exact) mass is 223 g/mol. The lowest BCUT2D eigenvalue weighted by Gasteiger charge is -2.01. The van der Waals surface area contributed by atoms with Crippen molar-refractivity contribution in [1.29, 1.82) is 0 Å². The van der Waals surface area contributed by atoms with Crippen molar-refractivity contribution in [2.75, 3.05) is 6.26 Å². The molecule has 0 radical (unpaired) electrons. The minimum atomic E-state index is -3.49. The molecule has 2 N–H and O–H groups in total. The second-order valence-electron chi connectivity index (χ2n) is 2.90. The number of nitrogens with one attached hydrogen (secondary N) is 1. The van der Waals surface area contributed by atoms with Crippen LogP contribution in [0.25, 0.3) is 0 Å². The summed E-state index contributed by atoms with van der Waals surface area (Å²) in [5.41, 5.74) is 0. The summed E-state index contributed by atoms with van der Waals surface area (Å²) in [5, 5.41) is 8.27. The molecule has 0 aromatic heterocycles. The van der Waals surface area contributed by atoms with Gasteiger partial charge < -0.3 is 5.11 Å². The first kappa shape index (κ1) is 12.9. The van der Waals surface area contributed by atoms with Crippen LogP contribution in [-0.4, -0.2) is 31.7 Å². The molecule has 0 aliphatic heterocycles. The summed E-state index contributed by atoms with van der Waals surface area (Å²) in [6, 6.07) is 0. The third-order valence-corrected chi connectivity index (χ3v) is 1.94. The smallest absolute Gasteiger partial charge is 0.303 e. The summed E-state index contributed by atoms with van der Waals surface area (Å²) in [6.45, 7) is 0. The van der Waals surface area contributed by atoms with E-state index in [1.54, 1.807) is 4.72 Å². The van der Waals surface area contributed by atoms with E-state index in [1.165, 1.54) is 0 Å². The van der Waals surface area contributed by atoms with Gasteiger partial charge in [0.25, 0.3) is 0 Å². The summed E-state index contributed by atoms with van der Waals surface area (Å²) < 4.78 is 22.9. The first-order chi connectivity index (χ1) is 6.31. The highest BCUT2D eigenvalue weighted by Gasteiger charge is 2.07. The van der Waals surface area contributed by atoms with Crippen LogP contribution in [-0.2, 0) is 19.6 Å². The Morgan fingerprint density at radius 1 is 1.21 bits per heavy atom. The van der Waals surface area contributed by atoms with Gasteiger partial charge in [0.2, 0.25) is 15.9 Å². The van der Waals surface area contributed by atoms with Gasteiger partial charge in [0.15, 0.2) is 0 Å². The largest absolute Gasteiger partial charge is 0.481 e. The topological polar surface area (TPSA) is 101 Å². The van der Waals surface area contributed by atoms with E-state index in [1.807, 2.05) is 0 Å². The van der Waals surface area contributed by atoms with E-state index in [-0.39, 0.29) is 12.8 Å². The Hall–Kier alpha value is -1.11. The predicted molar refractivity (Wildman–Crippen MR) is 49.1 cm³/mol. The van der Waals surface area contributed by atoms with Crippen LogP contribution in [0.1, 0.15) is 25.7 Å². The Labute approximate surface area is 82.4 Å². The summed E-state index contributed by atoms with van der Waals surface area (Å²) in [4.78, 5) is 20.9. The number of hydrogen-bond donors (Lipinski definition) is 2. The summed E-state index contributed by atoms with van der Waals surface area (Å²) in [5.74, 6) is -1.52. The highest BCUT2D eigenvalue weighted by atomic mass is 32.2. The van der Waals surface area contributed by atoms with E-state index in [9.17, 15) is 18.0 Å². The third-order valence-electron chi connectivity index (χ3n) is 1.34. The summed E-state index contributed by atoms with van der Waals surface area (Å²) in [6.07, 6.45) is 1.65. The molecule has 0 aromatic rings. The van der Waals surface area contributed by atoms with Crippen molar-refractivity contribution in [3.8, 4) is 0 Å². The zero-order chi connectivity index (χ0) is 11.2. The molecule has 0 saturated carbocycles. The van der Waals surface area contributed by atoms with E-state index in [2.05, 4.69) is 0 Å². The number of carboxylic acids is 1. The Balaban J connectivity index is 3.61. The van der Waals surface area contributed by atoms with Crippen LogP contribution in [0.4, 0.5) is 0 Å². The van der Waals surface area contributed by atoms with Gasteiger partial charge in [-0.05, 0) is 12.8 Å². The van der Waals surface area contributed by atoms with Crippen LogP contribution in [0.2, 0.25) is 0 Å². The molecule has 1 amide bonds. The van der Waals surface area contributed by atoms with E-state index in [0.717, 1.165) is 6.26 Å². The first-order valence-corrected chi connectivity index (χ1v) is 5.93. The van der Waals surface area contributed by atoms with Crippen molar-refractivity contribution in [2.45, 2.75) is 25.7 Å². The van der Waals surface area contributed by atoms with E-state index in [0.29, 0.717) is 12.8 Å². The number of carbonyl (C=O) groups is 2. The third kappa shape index (κ3) is 8.98. The molecule has 0 heterocycles. The number of carboxylic acid groups (broad SMARTS) is 1. The lowest BCUT2D eigenvalue weighted by Crippen LogP contribution is -2.28. The van der Waals surface area contributed by atoms with Crippen LogP contribution in [0.3, 0.4) is 0 Å².